The number of ketones is 2. The maximum Gasteiger partial charge on any atom is 0.263 e. The van der Waals surface area contributed by atoms with Crippen molar-refractivity contribution in [3.8, 4) is 0 Å². The second kappa shape index (κ2) is 8.01. The number of amides is 1. The Morgan fingerprint density at radius 1 is 1.03 bits per heavy atom. The second-order valence-corrected chi connectivity index (χ2v) is 12.2. The van der Waals surface area contributed by atoms with Crippen molar-refractivity contribution < 1.29 is 19.5 Å². The average Bonchev–Trinajstić information content (AvgIpc) is 2.94. The molecule has 0 fully saturated rings. The zero-order valence-corrected chi connectivity index (χ0v) is 21.1. The van der Waals surface area contributed by atoms with Gasteiger partial charge in [-0.05, 0) is 38.7 Å². The number of carbonyl (C=O) groups excluding carboxylic acids is 3. The third-order valence-corrected chi connectivity index (χ3v) is 9.47. The number of rotatable bonds is 3. The number of aliphatic hydroxyl groups is 1. The molecule has 0 spiro atoms. The molecule has 1 aromatic rings. The van der Waals surface area contributed by atoms with Crippen molar-refractivity contribution in [2.75, 3.05) is 17.7 Å². The molecule has 4 aliphatic rings. The molecule has 1 aliphatic heterocycles. The topological polar surface area (TPSA) is 127 Å². The van der Waals surface area contributed by atoms with Gasteiger partial charge in [0, 0.05) is 16.8 Å². The molecule has 9 heteroatoms. The monoisotopic (exact) mass is 507 g/mol. The number of anilines is 2. The predicted octanol–water partition coefficient (Wildman–Crippen LogP) is 4.35. The first kappa shape index (κ1) is 23.7. The van der Waals surface area contributed by atoms with Gasteiger partial charge in [0.2, 0.25) is 0 Å². The van der Waals surface area contributed by atoms with Crippen LogP contribution < -0.4 is 11.5 Å². The van der Waals surface area contributed by atoms with Crippen molar-refractivity contribution in [3.05, 3.63) is 82.1 Å². The van der Waals surface area contributed by atoms with Gasteiger partial charge in [0.1, 0.15) is 0 Å². The largest absolute Gasteiger partial charge is 0.398 e. The van der Waals surface area contributed by atoms with E-state index in [1.807, 2.05) is 37.5 Å². The van der Waals surface area contributed by atoms with Gasteiger partial charge in [0.15, 0.2) is 17.8 Å². The first-order chi connectivity index (χ1) is 16.6. The molecule has 3 atom stereocenters. The summed E-state index contributed by atoms with van der Waals surface area (Å²) < 4.78 is -0.304. The standard InChI is InChI=1S/C26H25N3O4S2/c1-25(35-34-3)10-6-7-13(9-12-25)29-23(32)17-18(24(29)33)20(28)16-15(19(17)27)21(30)14-8-4-5-11-26(14,2)22(16)31/h4-10,12,24,33H,11,27-28H2,1-3H3. The summed E-state index contributed by atoms with van der Waals surface area (Å²) in [6, 6.07) is 0. The smallest absolute Gasteiger partial charge is 0.263 e. The molecule has 0 aromatic heterocycles. The molecule has 35 heavy (non-hydrogen) atoms. The van der Waals surface area contributed by atoms with Crippen molar-refractivity contribution in [1.82, 2.24) is 4.90 Å². The van der Waals surface area contributed by atoms with Crippen LogP contribution in [-0.2, 0) is 0 Å². The zero-order chi connectivity index (χ0) is 25.3. The lowest BCUT2D eigenvalue weighted by Gasteiger charge is -2.37. The fraction of sp³-hybridized carbons (Fsp3) is 0.269. The maximum atomic E-state index is 13.7. The summed E-state index contributed by atoms with van der Waals surface area (Å²) in [5.41, 5.74) is 12.3. The Hall–Kier alpha value is -3.01. The Bertz CT molecular complexity index is 1370. The SMILES string of the molecule is CSSC1(C)C=CC=C(N2C(=O)c3c(N)c4c(c(N)c3C2O)C(=O)C2(C)CC=CC=C2C4=O)C=C1. The highest BCUT2D eigenvalue weighted by molar-refractivity contribution is 8.77. The molecular formula is C26H25N3O4S2. The first-order valence-electron chi connectivity index (χ1n) is 11.1. The summed E-state index contributed by atoms with van der Waals surface area (Å²) >= 11 is 0. The molecule has 7 nitrogen and oxygen atoms in total. The van der Waals surface area contributed by atoms with Crippen molar-refractivity contribution in [1.29, 1.82) is 0 Å². The third kappa shape index (κ3) is 3.22. The van der Waals surface area contributed by atoms with Gasteiger partial charge >= 0.3 is 0 Å². The van der Waals surface area contributed by atoms with E-state index in [0.29, 0.717) is 17.7 Å². The van der Waals surface area contributed by atoms with Gasteiger partial charge in [-0.1, -0.05) is 58.0 Å². The van der Waals surface area contributed by atoms with E-state index < -0.39 is 23.3 Å². The molecule has 3 aliphatic carbocycles. The lowest BCUT2D eigenvalue weighted by atomic mass is 9.63. The lowest BCUT2D eigenvalue weighted by molar-refractivity contribution is 0.0358. The average molecular weight is 508 g/mol. The van der Waals surface area contributed by atoms with Crippen LogP contribution in [-0.4, -0.2) is 38.5 Å². The molecule has 0 bridgehead atoms. The number of fused-ring (bicyclic) bond motifs is 3. The highest BCUT2D eigenvalue weighted by Crippen LogP contribution is 2.52. The Morgan fingerprint density at radius 3 is 2.49 bits per heavy atom. The molecule has 3 unspecified atom stereocenters. The van der Waals surface area contributed by atoms with E-state index in [1.165, 1.54) is 4.90 Å². The van der Waals surface area contributed by atoms with E-state index in [-0.39, 0.29) is 44.2 Å². The number of benzene rings is 1. The summed E-state index contributed by atoms with van der Waals surface area (Å²) in [4.78, 5) is 42.0. The summed E-state index contributed by atoms with van der Waals surface area (Å²) in [5, 5.41) is 11.3. The maximum absolute atomic E-state index is 13.7. The second-order valence-electron chi connectivity index (χ2n) is 9.34. The van der Waals surface area contributed by atoms with E-state index in [0.717, 1.165) is 0 Å². The van der Waals surface area contributed by atoms with Crippen molar-refractivity contribution in [2.45, 2.75) is 31.2 Å². The summed E-state index contributed by atoms with van der Waals surface area (Å²) in [7, 11) is 3.27. The third-order valence-electron chi connectivity index (χ3n) is 7.09. The zero-order valence-electron chi connectivity index (χ0n) is 19.5. The van der Waals surface area contributed by atoms with Crippen molar-refractivity contribution in [2.24, 2.45) is 5.41 Å². The van der Waals surface area contributed by atoms with Crippen molar-refractivity contribution >= 4 is 50.4 Å². The lowest BCUT2D eigenvalue weighted by Crippen LogP contribution is -2.41. The number of nitrogens with zero attached hydrogens (tertiary/aromatic N) is 1. The van der Waals surface area contributed by atoms with Crippen LogP contribution in [0.1, 0.15) is 63.1 Å². The fourth-order valence-corrected chi connectivity index (χ4v) is 7.23. The summed E-state index contributed by atoms with van der Waals surface area (Å²) in [5.74, 6) is -1.33. The Labute approximate surface area is 211 Å². The number of hydrogen-bond donors (Lipinski definition) is 3. The minimum atomic E-state index is -1.45. The van der Waals surface area contributed by atoms with Gasteiger partial charge in [0.25, 0.3) is 5.91 Å². The van der Waals surface area contributed by atoms with Crippen LogP contribution in [0, 0.1) is 5.41 Å². The van der Waals surface area contributed by atoms with Gasteiger partial charge < -0.3 is 16.6 Å². The minimum absolute atomic E-state index is 0.0101. The number of Topliss-reactive ketones (excluding diaryl/α,β-unsaturated/α-hetero) is 2. The van der Waals surface area contributed by atoms with E-state index >= 15 is 0 Å². The van der Waals surface area contributed by atoms with E-state index in [1.54, 1.807) is 52.8 Å². The van der Waals surface area contributed by atoms with Crippen molar-refractivity contribution in [3.63, 3.8) is 0 Å². The summed E-state index contributed by atoms with van der Waals surface area (Å²) in [6.07, 6.45) is 15.3. The highest BCUT2D eigenvalue weighted by atomic mass is 33.1. The van der Waals surface area contributed by atoms with Gasteiger partial charge in [0.05, 0.1) is 38.2 Å². The molecule has 0 saturated carbocycles. The molecule has 5 N–H and O–H groups in total. The van der Waals surface area contributed by atoms with Crippen LogP contribution >= 0.6 is 21.6 Å². The predicted molar refractivity (Wildman–Crippen MR) is 141 cm³/mol. The molecule has 1 heterocycles. The van der Waals surface area contributed by atoms with Gasteiger partial charge in [-0.25, -0.2) is 0 Å². The fourth-order valence-electron chi connectivity index (χ4n) is 5.21. The van der Waals surface area contributed by atoms with Crippen LogP contribution in [0.3, 0.4) is 0 Å². The van der Waals surface area contributed by atoms with Gasteiger partial charge in [-0.15, -0.1) is 0 Å². The normalized spacial score (nSPS) is 29.0. The molecule has 0 radical (unpaired) electrons. The Morgan fingerprint density at radius 2 is 1.77 bits per heavy atom. The van der Waals surface area contributed by atoms with Crippen LogP contribution in [0.2, 0.25) is 0 Å². The van der Waals surface area contributed by atoms with Crippen LogP contribution in [0.15, 0.2) is 59.9 Å². The number of allylic oxidation sites excluding steroid dienone is 7. The number of carbonyl (C=O) groups is 3. The van der Waals surface area contributed by atoms with E-state index in [2.05, 4.69) is 0 Å². The molecule has 1 aromatic carbocycles. The minimum Gasteiger partial charge on any atom is -0.398 e. The highest BCUT2D eigenvalue weighted by Gasteiger charge is 2.52. The number of hydrogen-bond acceptors (Lipinski definition) is 8. The first-order valence-corrected chi connectivity index (χ1v) is 13.7. The number of aliphatic hydroxyl groups excluding tert-OH is 1. The number of nitrogens with two attached hydrogens (primary N) is 2. The van der Waals surface area contributed by atoms with E-state index in [4.69, 9.17) is 11.5 Å². The molecule has 0 saturated heterocycles. The number of nitrogen functional groups attached to an aromatic ring is 2. The van der Waals surface area contributed by atoms with Crippen LogP contribution in [0.4, 0.5) is 11.4 Å². The molecular weight excluding hydrogens is 482 g/mol. The molecule has 180 valence electrons. The Balaban J connectivity index is 1.66. The van der Waals surface area contributed by atoms with Gasteiger partial charge in [-0.2, -0.15) is 0 Å². The summed E-state index contributed by atoms with van der Waals surface area (Å²) in [6.45, 7) is 3.75. The molecule has 5 rings (SSSR count). The van der Waals surface area contributed by atoms with E-state index in [9.17, 15) is 19.5 Å². The van der Waals surface area contributed by atoms with Crippen LogP contribution in [0.25, 0.3) is 0 Å². The van der Waals surface area contributed by atoms with Crippen LogP contribution in [0.5, 0.6) is 0 Å². The molecule has 1 amide bonds. The Kier molecular flexibility index (Phi) is 5.43. The van der Waals surface area contributed by atoms with Gasteiger partial charge in [-0.3, -0.25) is 19.3 Å². The quantitative estimate of drug-likeness (QED) is 0.313.